The van der Waals surface area contributed by atoms with Crippen molar-refractivity contribution in [3.05, 3.63) is 30.1 Å². The molecule has 1 aromatic heterocycles. The molecular formula is C12H14F3N3O. The number of rotatable bonds is 5. The normalized spacial score (nSPS) is 17.0. The first kappa shape index (κ1) is 13.8. The van der Waals surface area contributed by atoms with Crippen LogP contribution in [0.25, 0.3) is 0 Å². The van der Waals surface area contributed by atoms with E-state index >= 15 is 0 Å². The van der Waals surface area contributed by atoms with Crippen molar-refractivity contribution in [3.8, 4) is 0 Å². The molecule has 0 spiro atoms. The molecule has 0 bridgehead atoms. The van der Waals surface area contributed by atoms with Crippen molar-refractivity contribution in [2.75, 3.05) is 6.54 Å². The van der Waals surface area contributed by atoms with Crippen LogP contribution >= 0.6 is 0 Å². The van der Waals surface area contributed by atoms with E-state index in [2.05, 4.69) is 10.3 Å². The molecule has 2 rings (SSSR count). The van der Waals surface area contributed by atoms with Crippen LogP contribution in [0, 0.1) is 0 Å². The summed E-state index contributed by atoms with van der Waals surface area (Å²) in [6.45, 7) is -0.0997. The van der Waals surface area contributed by atoms with Gasteiger partial charge in [-0.2, -0.15) is 13.2 Å². The van der Waals surface area contributed by atoms with Crippen LogP contribution in [0.15, 0.2) is 24.5 Å². The van der Waals surface area contributed by atoms with Crippen LogP contribution in [0.5, 0.6) is 0 Å². The molecule has 1 aliphatic carbocycles. The summed E-state index contributed by atoms with van der Waals surface area (Å²) in [7, 11) is 0. The summed E-state index contributed by atoms with van der Waals surface area (Å²) in [5.41, 5.74) is -0.0743. The highest BCUT2D eigenvalue weighted by Crippen LogP contribution is 2.32. The lowest BCUT2D eigenvalue weighted by molar-refractivity contribution is -0.163. The zero-order valence-corrected chi connectivity index (χ0v) is 10.1. The van der Waals surface area contributed by atoms with Gasteiger partial charge < -0.3 is 10.6 Å². The van der Waals surface area contributed by atoms with E-state index in [1.807, 2.05) is 5.32 Å². The van der Waals surface area contributed by atoms with E-state index < -0.39 is 18.1 Å². The first-order valence-electron chi connectivity index (χ1n) is 5.96. The minimum Gasteiger partial charge on any atom is -0.340 e. The number of hydrogen-bond acceptors (Lipinski definition) is 3. The molecule has 1 saturated carbocycles. The molecule has 1 fully saturated rings. The molecule has 0 aromatic carbocycles. The third-order valence-corrected chi connectivity index (χ3v) is 2.78. The summed E-state index contributed by atoms with van der Waals surface area (Å²) >= 11 is 0. The zero-order valence-electron chi connectivity index (χ0n) is 10.1. The van der Waals surface area contributed by atoms with Gasteiger partial charge in [-0.3, -0.25) is 9.78 Å². The molecule has 0 aliphatic heterocycles. The lowest BCUT2D eigenvalue weighted by Crippen LogP contribution is -2.42. The van der Waals surface area contributed by atoms with Gasteiger partial charge in [-0.1, -0.05) is 6.07 Å². The van der Waals surface area contributed by atoms with Crippen molar-refractivity contribution in [2.45, 2.75) is 31.1 Å². The molecule has 7 heteroatoms. The Hall–Kier alpha value is -1.63. The summed E-state index contributed by atoms with van der Waals surface area (Å²) in [5, 5.41) is 4.86. The van der Waals surface area contributed by atoms with Crippen LogP contribution < -0.4 is 10.6 Å². The standard InChI is InChI=1S/C12H14F3N3O/c13-12(14,15)11(8-2-1-5-16-6-8)18-10(19)7-17-9-3-4-9/h1-2,5-6,9,11,17H,3-4,7H2,(H,18,19). The third kappa shape index (κ3) is 4.20. The summed E-state index contributed by atoms with van der Waals surface area (Å²) in [5.74, 6) is -0.668. The molecule has 1 unspecified atom stereocenters. The van der Waals surface area contributed by atoms with E-state index in [1.54, 1.807) is 0 Å². The second-order valence-corrected chi connectivity index (χ2v) is 4.48. The Bertz CT molecular complexity index is 432. The van der Waals surface area contributed by atoms with E-state index in [9.17, 15) is 18.0 Å². The van der Waals surface area contributed by atoms with Crippen LogP contribution in [0.3, 0.4) is 0 Å². The molecule has 1 aromatic rings. The molecule has 0 radical (unpaired) electrons. The Kier molecular flexibility index (Phi) is 4.04. The van der Waals surface area contributed by atoms with Gasteiger partial charge in [0.05, 0.1) is 6.54 Å². The lowest BCUT2D eigenvalue weighted by atomic mass is 10.1. The third-order valence-electron chi connectivity index (χ3n) is 2.78. The monoisotopic (exact) mass is 273 g/mol. The predicted octanol–water partition coefficient (Wildman–Crippen LogP) is 1.55. The van der Waals surface area contributed by atoms with Gasteiger partial charge in [-0.15, -0.1) is 0 Å². The number of halogens is 3. The van der Waals surface area contributed by atoms with Gasteiger partial charge in [0.1, 0.15) is 0 Å². The fraction of sp³-hybridized carbons (Fsp3) is 0.500. The van der Waals surface area contributed by atoms with Gasteiger partial charge in [0, 0.05) is 24.0 Å². The summed E-state index contributed by atoms with van der Waals surface area (Å²) in [6.07, 6.45) is -0.115. The van der Waals surface area contributed by atoms with Crippen molar-refractivity contribution in [1.29, 1.82) is 0 Å². The van der Waals surface area contributed by atoms with Crippen molar-refractivity contribution in [1.82, 2.24) is 15.6 Å². The van der Waals surface area contributed by atoms with E-state index in [0.29, 0.717) is 0 Å². The molecule has 1 atom stereocenters. The maximum Gasteiger partial charge on any atom is 0.412 e. The lowest BCUT2D eigenvalue weighted by Gasteiger charge is -2.21. The van der Waals surface area contributed by atoms with Gasteiger partial charge in [0.25, 0.3) is 0 Å². The highest BCUT2D eigenvalue weighted by molar-refractivity contribution is 5.78. The number of hydrogen-bond donors (Lipinski definition) is 2. The Labute approximate surface area is 108 Å². The smallest absolute Gasteiger partial charge is 0.340 e. The number of carbonyl (C=O) groups excluding carboxylic acids is 1. The second-order valence-electron chi connectivity index (χ2n) is 4.48. The van der Waals surface area contributed by atoms with Gasteiger partial charge in [-0.25, -0.2) is 0 Å². The molecule has 1 amide bonds. The topological polar surface area (TPSA) is 54.0 Å². The number of amides is 1. The van der Waals surface area contributed by atoms with E-state index in [-0.39, 0.29) is 18.2 Å². The van der Waals surface area contributed by atoms with Gasteiger partial charge in [0.15, 0.2) is 6.04 Å². The highest BCUT2D eigenvalue weighted by atomic mass is 19.4. The molecule has 104 valence electrons. The minimum absolute atomic E-state index is 0.0743. The first-order valence-corrected chi connectivity index (χ1v) is 5.96. The predicted molar refractivity (Wildman–Crippen MR) is 62.2 cm³/mol. The number of alkyl halides is 3. The van der Waals surface area contributed by atoms with Gasteiger partial charge >= 0.3 is 6.18 Å². The van der Waals surface area contributed by atoms with E-state index in [0.717, 1.165) is 19.0 Å². The van der Waals surface area contributed by atoms with Gasteiger partial charge in [-0.05, 0) is 18.9 Å². The maximum atomic E-state index is 12.9. The van der Waals surface area contributed by atoms with Crippen molar-refractivity contribution >= 4 is 5.91 Å². The molecule has 4 nitrogen and oxygen atoms in total. The Morgan fingerprint density at radius 2 is 2.21 bits per heavy atom. The van der Waals surface area contributed by atoms with Gasteiger partial charge in [0.2, 0.25) is 5.91 Å². The number of nitrogens with zero attached hydrogens (tertiary/aromatic N) is 1. The van der Waals surface area contributed by atoms with Crippen molar-refractivity contribution < 1.29 is 18.0 Å². The van der Waals surface area contributed by atoms with Crippen LogP contribution in [-0.4, -0.2) is 29.7 Å². The number of aromatic nitrogens is 1. The largest absolute Gasteiger partial charge is 0.412 e. The maximum absolute atomic E-state index is 12.9. The Morgan fingerprint density at radius 3 is 2.74 bits per heavy atom. The van der Waals surface area contributed by atoms with Crippen molar-refractivity contribution in [3.63, 3.8) is 0 Å². The average molecular weight is 273 g/mol. The van der Waals surface area contributed by atoms with Crippen LogP contribution in [0.2, 0.25) is 0 Å². The highest BCUT2D eigenvalue weighted by Gasteiger charge is 2.42. The van der Waals surface area contributed by atoms with Crippen molar-refractivity contribution in [2.24, 2.45) is 0 Å². The number of carbonyl (C=O) groups is 1. The van der Waals surface area contributed by atoms with E-state index in [1.165, 1.54) is 18.3 Å². The Morgan fingerprint density at radius 1 is 1.47 bits per heavy atom. The SMILES string of the molecule is O=C(CNC1CC1)NC(c1cccnc1)C(F)(F)F. The molecule has 1 aliphatic rings. The summed E-state index contributed by atoms with van der Waals surface area (Å²) in [4.78, 5) is 15.2. The zero-order chi connectivity index (χ0) is 13.9. The van der Waals surface area contributed by atoms with Crippen LogP contribution in [-0.2, 0) is 4.79 Å². The quantitative estimate of drug-likeness (QED) is 0.856. The molecule has 19 heavy (non-hydrogen) atoms. The van der Waals surface area contributed by atoms with Crippen LogP contribution in [0.1, 0.15) is 24.4 Å². The summed E-state index contributed by atoms with van der Waals surface area (Å²) < 4.78 is 38.7. The summed E-state index contributed by atoms with van der Waals surface area (Å²) in [6, 6.07) is 0.950. The average Bonchev–Trinajstić information content (AvgIpc) is 3.17. The van der Waals surface area contributed by atoms with Crippen LogP contribution in [0.4, 0.5) is 13.2 Å². The fourth-order valence-corrected chi connectivity index (χ4v) is 1.64. The number of pyridine rings is 1. The molecule has 2 N–H and O–H groups in total. The second kappa shape index (κ2) is 5.56. The molecule has 1 heterocycles. The van der Waals surface area contributed by atoms with E-state index in [4.69, 9.17) is 0 Å². The first-order chi connectivity index (χ1) is 8.97. The minimum atomic E-state index is -4.54. The molecular weight excluding hydrogens is 259 g/mol. The number of nitrogens with one attached hydrogen (secondary N) is 2. The fourth-order valence-electron chi connectivity index (χ4n) is 1.64. The Balaban J connectivity index is 1.99. The molecule has 0 saturated heterocycles.